The van der Waals surface area contributed by atoms with Gasteiger partial charge in [0.1, 0.15) is 0 Å². The van der Waals surface area contributed by atoms with Crippen LogP contribution in [-0.2, 0) is 16.0 Å². The van der Waals surface area contributed by atoms with Crippen molar-refractivity contribution in [2.24, 2.45) is 5.41 Å². The zero-order chi connectivity index (χ0) is 16.6. The fourth-order valence-corrected chi connectivity index (χ4v) is 3.32. The molecule has 1 aromatic carbocycles. The first-order chi connectivity index (χ1) is 10.9. The highest BCUT2D eigenvalue weighted by molar-refractivity contribution is 5.87. The number of aromatic amines is 1. The van der Waals surface area contributed by atoms with Gasteiger partial charge in [0, 0.05) is 36.6 Å². The minimum Gasteiger partial charge on any atom is -0.481 e. The molecule has 1 atom stereocenters. The standard InChI is InChI=1S/C18H22N2O3/c1-12-4-3-5-14-13(10-19-16(12)14)6-7-15(21)20-9-8-18(2,11-20)17(22)23/h3-5,10,19H,6-9,11H2,1-2H3,(H,22,23)/t18-/m1/s1. The lowest BCUT2D eigenvalue weighted by molar-refractivity contribution is -0.147. The summed E-state index contributed by atoms with van der Waals surface area (Å²) in [4.78, 5) is 28.6. The zero-order valence-electron chi connectivity index (χ0n) is 13.6. The second-order valence-electron chi connectivity index (χ2n) is 6.74. The first kappa shape index (κ1) is 15.6. The number of benzene rings is 1. The van der Waals surface area contributed by atoms with Crippen molar-refractivity contribution in [3.8, 4) is 0 Å². The lowest BCUT2D eigenvalue weighted by Crippen LogP contribution is -2.34. The van der Waals surface area contributed by atoms with Crippen LogP contribution >= 0.6 is 0 Å². The first-order valence-corrected chi connectivity index (χ1v) is 7.97. The van der Waals surface area contributed by atoms with Crippen LogP contribution in [0.3, 0.4) is 0 Å². The van der Waals surface area contributed by atoms with Crippen molar-refractivity contribution in [2.45, 2.75) is 33.1 Å². The van der Waals surface area contributed by atoms with E-state index in [-0.39, 0.29) is 5.91 Å². The van der Waals surface area contributed by atoms with Gasteiger partial charge in [0.25, 0.3) is 0 Å². The van der Waals surface area contributed by atoms with E-state index >= 15 is 0 Å². The van der Waals surface area contributed by atoms with Crippen LogP contribution in [0.15, 0.2) is 24.4 Å². The van der Waals surface area contributed by atoms with E-state index in [1.807, 2.05) is 12.3 Å². The SMILES string of the molecule is Cc1cccc2c(CCC(=O)N3CC[C@@](C)(C(=O)O)C3)c[nH]c12. The topological polar surface area (TPSA) is 73.4 Å². The number of fused-ring (bicyclic) bond motifs is 1. The van der Waals surface area contributed by atoms with E-state index in [4.69, 9.17) is 0 Å². The number of aromatic nitrogens is 1. The van der Waals surface area contributed by atoms with Crippen LogP contribution < -0.4 is 0 Å². The molecule has 0 unspecified atom stereocenters. The Hall–Kier alpha value is -2.30. The predicted octanol–water partition coefficient (Wildman–Crippen LogP) is 2.73. The normalized spacial score (nSPS) is 21.0. The number of hydrogen-bond acceptors (Lipinski definition) is 2. The number of likely N-dealkylation sites (tertiary alicyclic amines) is 1. The van der Waals surface area contributed by atoms with Crippen molar-refractivity contribution >= 4 is 22.8 Å². The number of rotatable bonds is 4. The van der Waals surface area contributed by atoms with Crippen LogP contribution in [-0.4, -0.2) is 40.0 Å². The molecule has 0 radical (unpaired) electrons. The Bertz CT molecular complexity index is 765. The highest BCUT2D eigenvalue weighted by atomic mass is 16.4. The quantitative estimate of drug-likeness (QED) is 0.911. The molecule has 1 aliphatic heterocycles. The number of hydrogen-bond donors (Lipinski definition) is 2. The third-order valence-electron chi connectivity index (χ3n) is 4.96. The van der Waals surface area contributed by atoms with Gasteiger partial charge in [-0.2, -0.15) is 0 Å². The van der Waals surface area contributed by atoms with Crippen LogP contribution in [0.2, 0.25) is 0 Å². The number of nitrogens with zero attached hydrogens (tertiary/aromatic N) is 1. The zero-order valence-corrected chi connectivity index (χ0v) is 13.6. The van der Waals surface area contributed by atoms with Crippen LogP contribution in [0.1, 0.15) is 30.9 Å². The van der Waals surface area contributed by atoms with E-state index in [9.17, 15) is 14.7 Å². The number of nitrogens with one attached hydrogen (secondary N) is 1. The Labute approximate surface area is 135 Å². The molecule has 1 amide bonds. The Morgan fingerprint density at radius 2 is 2.17 bits per heavy atom. The summed E-state index contributed by atoms with van der Waals surface area (Å²) >= 11 is 0. The maximum absolute atomic E-state index is 12.4. The van der Waals surface area contributed by atoms with Crippen molar-refractivity contribution in [2.75, 3.05) is 13.1 Å². The molecule has 1 aliphatic rings. The molecule has 1 aromatic heterocycles. The third kappa shape index (κ3) is 2.83. The highest BCUT2D eigenvalue weighted by Crippen LogP contribution is 2.30. The summed E-state index contributed by atoms with van der Waals surface area (Å²) in [6, 6.07) is 6.15. The minimum absolute atomic E-state index is 0.0389. The largest absolute Gasteiger partial charge is 0.481 e. The Kier molecular flexibility index (Phi) is 3.88. The van der Waals surface area contributed by atoms with Crippen LogP contribution in [0.4, 0.5) is 0 Å². The molecular formula is C18H22N2O3. The van der Waals surface area contributed by atoms with E-state index in [0.717, 1.165) is 16.5 Å². The summed E-state index contributed by atoms with van der Waals surface area (Å²) < 4.78 is 0. The van der Waals surface area contributed by atoms with Crippen LogP contribution in [0, 0.1) is 12.3 Å². The molecule has 2 aromatic rings. The number of aryl methyl sites for hydroxylation is 2. The number of carbonyl (C=O) groups is 2. The maximum Gasteiger partial charge on any atom is 0.311 e. The molecule has 1 saturated heterocycles. The van der Waals surface area contributed by atoms with E-state index in [0.29, 0.717) is 32.4 Å². The van der Waals surface area contributed by atoms with Crippen LogP contribution in [0.5, 0.6) is 0 Å². The molecule has 122 valence electrons. The Morgan fingerprint density at radius 3 is 2.87 bits per heavy atom. The van der Waals surface area contributed by atoms with Gasteiger partial charge >= 0.3 is 5.97 Å². The Balaban J connectivity index is 1.65. The number of carboxylic acid groups (broad SMARTS) is 1. The summed E-state index contributed by atoms with van der Waals surface area (Å²) in [5, 5.41) is 10.4. The molecule has 5 heteroatoms. The van der Waals surface area contributed by atoms with E-state index in [1.165, 1.54) is 5.56 Å². The van der Waals surface area contributed by atoms with E-state index in [1.54, 1.807) is 11.8 Å². The van der Waals surface area contributed by atoms with Crippen molar-refractivity contribution in [3.05, 3.63) is 35.5 Å². The van der Waals surface area contributed by atoms with Crippen molar-refractivity contribution < 1.29 is 14.7 Å². The fraction of sp³-hybridized carbons (Fsp3) is 0.444. The van der Waals surface area contributed by atoms with Gasteiger partial charge in [-0.25, -0.2) is 0 Å². The summed E-state index contributed by atoms with van der Waals surface area (Å²) in [5.41, 5.74) is 2.65. The number of amides is 1. The highest BCUT2D eigenvalue weighted by Gasteiger charge is 2.41. The van der Waals surface area contributed by atoms with Gasteiger partial charge in [0.05, 0.1) is 5.41 Å². The van der Waals surface area contributed by atoms with Crippen molar-refractivity contribution in [1.29, 1.82) is 0 Å². The van der Waals surface area contributed by atoms with Crippen molar-refractivity contribution in [3.63, 3.8) is 0 Å². The van der Waals surface area contributed by atoms with Crippen molar-refractivity contribution in [1.82, 2.24) is 9.88 Å². The molecule has 0 saturated carbocycles. The molecule has 23 heavy (non-hydrogen) atoms. The van der Waals surface area contributed by atoms with Gasteiger partial charge in [-0.05, 0) is 37.8 Å². The molecular weight excluding hydrogens is 292 g/mol. The number of para-hydroxylation sites is 1. The predicted molar refractivity (Wildman–Crippen MR) is 88.3 cm³/mol. The van der Waals surface area contributed by atoms with Gasteiger partial charge in [0.2, 0.25) is 5.91 Å². The average molecular weight is 314 g/mol. The number of aliphatic carboxylic acids is 1. The average Bonchev–Trinajstić information content (AvgIpc) is 3.11. The third-order valence-corrected chi connectivity index (χ3v) is 4.96. The molecule has 1 fully saturated rings. The fourth-order valence-electron chi connectivity index (χ4n) is 3.32. The molecule has 2 heterocycles. The molecule has 5 nitrogen and oxygen atoms in total. The smallest absolute Gasteiger partial charge is 0.311 e. The number of carboxylic acids is 1. The summed E-state index contributed by atoms with van der Waals surface area (Å²) in [5.74, 6) is -0.781. The van der Waals surface area contributed by atoms with E-state index in [2.05, 4.69) is 24.0 Å². The number of H-pyrrole nitrogens is 1. The monoisotopic (exact) mass is 314 g/mol. The van der Waals surface area contributed by atoms with Gasteiger partial charge in [-0.1, -0.05) is 18.2 Å². The molecule has 0 aliphatic carbocycles. The van der Waals surface area contributed by atoms with E-state index < -0.39 is 11.4 Å². The first-order valence-electron chi connectivity index (χ1n) is 7.97. The van der Waals surface area contributed by atoms with Gasteiger partial charge in [0.15, 0.2) is 0 Å². The second kappa shape index (κ2) is 5.72. The molecule has 0 spiro atoms. The maximum atomic E-state index is 12.4. The second-order valence-corrected chi connectivity index (χ2v) is 6.74. The molecule has 2 N–H and O–H groups in total. The lowest BCUT2D eigenvalue weighted by atomic mass is 9.90. The molecule has 0 bridgehead atoms. The summed E-state index contributed by atoms with van der Waals surface area (Å²) in [6.45, 7) is 4.62. The molecule has 3 rings (SSSR count). The van der Waals surface area contributed by atoms with Gasteiger partial charge in [-0.3, -0.25) is 9.59 Å². The van der Waals surface area contributed by atoms with Gasteiger partial charge < -0.3 is 15.0 Å². The summed E-state index contributed by atoms with van der Waals surface area (Å²) in [6.07, 6.45) is 3.58. The number of carbonyl (C=O) groups excluding carboxylic acids is 1. The summed E-state index contributed by atoms with van der Waals surface area (Å²) in [7, 11) is 0. The van der Waals surface area contributed by atoms with Crippen LogP contribution in [0.25, 0.3) is 10.9 Å². The lowest BCUT2D eigenvalue weighted by Gasteiger charge is -2.20. The minimum atomic E-state index is -0.820. The van der Waals surface area contributed by atoms with Gasteiger partial charge in [-0.15, -0.1) is 0 Å². The Morgan fingerprint density at radius 1 is 1.39 bits per heavy atom.